The summed E-state index contributed by atoms with van der Waals surface area (Å²) in [6.45, 7) is 5.67. The van der Waals surface area contributed by atoms with E-state index < -0.39 is 0 Å². The topological polar surface area (TPSA) is 49.6 Å². The highest BCUT2D eigenvalue weighted by Crippen LogP contribution is 2.29. The maximum atomic E-state index is 12.3. The normalized spacial score (nSPS) is 22.2. The van der Waals surface area contributed by atoms with Crippen molar-refractivity contribution in [2.75, 3.05) is 26.2 Å². The lowest BCUT2D eigenvalue weighted by Crippen LogP contribution is -2.47. The van der Waals surface area contributed by atoms with E-state index in [1.807, 2.05) is 4.90 Å². The maximum Gasteiger partial charge on any atom is 0.239 e. The monoisotopic (exact) mass is 239 g/mol. The number of rotatable bonds is 6. The van der Waals surface area contributed by atoms with Crippen LogP contribution in [0.5, 0.6) is 0 Å². The minimum Gasteiger partial charge on any atom is -0.341 e. The molecule has 2 N–H and O–H groups in total. The summed E-state index contributed by atoms with van der Waals surface area (Å²) < 4.78 is 0. The molecule has 2 fully saturated rings. The van der Waals surface area contributed by atoms with Crippen molar-refractivity contribution < 1.29 is 4.79 Å². The smallest absolute Gasteiger partial charge is 0.239 e. The van der Waals surface area contributed by atoms with Crippen molar-refractivity contribution in [3.8, 4) is 0 Å². The van der Waals surface area contributed by atoms with Gasteiger partial charge in [0, 0.05) is 25.7 Å². The van der Waals surface area contributed by atoms with Crippen molar-refractivity contribution in [3.05, 3.63) is 0 Å². The first-order valence-corrected chi connectivity index (χ1v) is 6.98. The van der Waals surface area contributed by atoms with E-state index in [-0.39, 0.29) is 6.04 Å². The van der Waals surface area contributed by atoms with Gasteiger partial charge in [-0.1, -0.05) is 0 Å². The van der Waals surface area contributed by atoms with Gasteiger partial charge >= 0.3 is 0 Å². The third-order valence-corrected chi connectivity index (χ3v) is 3.91. The fourth-order valence-corrected chi connectivity index (χ4v) is 2.72. The van der Waals surface area contributed by atoms with E-state index in [2.05, 4.69) is 11.8 Å². The van der Waals surface area contributed by atoms with E-state index >= 15 is 0 Å². The number of carbonyl (C=O) groups excluding carboxylic acids is 1. The van der Waals surface area contributed by atoms with Gasteiger partial charge in [-0.2, -0.15) is 0 Å². The van der Waals surface area contributed by atoms with Crippen LogP contribution in [0.3, 0.4) is 0 Å². The summed E-state index contributed by atoms with van der Waals surface area (Å²) in [7, 11) is 0. The molecular formula is C13H25N3O. The molecule has 1 amide bonds. The SMILES string of the molecule is CC(C(=O)N1CCCC1)N(CCCN)C1CC1. The van der Waals surface area contributed by atoms with Crippen molar-refractivity contribution >= 4 is 5.91 Å². The molecule has 0 aromatic rings. The van der Waals surface area contributed by atoms with Gasteiger partial charge in [-0.25, -0.2) is 0 Å². The fraction of sp³-hybridized carbons (Fsp3) is 0.923. The second-order valence-electron chi connectivity index (χ2n) is 5.32. The standard InChI is InChI=1S/C13H25N3O/c1-11(13(17)15-8-2-3-9-15)16(10-4-7-14)12-5-6-12/h11-12H,2-10,14H2,1H3. The molecule has 4 nitrogen and oxygen atoms in total. The molecule has 2 aliphatic rings. The Balaban J connectivity index is 1.89. The lowest BCUT2D eigenvalue weighted by molar-refractivity contribution is -0.135. The summed E-state index contributed by atoms with van der Waals surface area (Å²) in [5, 5.41) is 0. The van der Waals surface area contributed by atoms with Crippen molar-refractivity contribution in [3.63, 3.8) is 0 Å². The van der Waals surface area contributed by atoms with Gasteiger partial charge in [0.15, 0.2) is 0 Å². The van der Waals surface area contributed by atoms with Crippen LogP contribution < -0.4 is 5.73 Å². The average molecular weight is 239 g/mol. The molecule has 1 saturated carbocycles. The molecule has 0 radical (unpaired) electrons. The zero-order valence-electron chi connectivity index (χ0n) is 10.9. The van der Waals surface area contributed by atoms with Crippen LogP contribution in [0.4, 0.5) is 0 Å². The molecule has 0 spiro atoms. The molecule has 1 heterocycles. The van der Waals surface area contributed by atoms with E-state index in [0.29, 0.717) is 18.5 Å². The highest BCUT2D eigenvalue weighted by atomic mass is 16.2. The van der Waals surface area contributed by atoms with Crippen LogP contribution >= 0.6 is 0 Å². The van der Waals surface area contributed by atoms with E-state index in [9.17, 15) is 4.79 Å². The molecule has 17 heavy (non-hydrogen) atoms. The number of likely N-dealkylation sites (tertiary alicyclic amines) is 1. The molecule has 1 saturated heterocycles. The van der Waals surface area contributed by atoms with Crippen molar-refractivity contribution in [2.24, 2.45) is 5.73 Å². The number of nitrogens with two attached hydrogens (primary N) is 1. The molecular weight excluding hydrogens is 214 g/mol. The quantitative estimate of drug-likeness (QED) is 0.746. The number of hydrogen-bond acceptors (Lipinski definition) is 3. The summed E-state index contributed by atoms with van der Waals surface area (Å²) in [6.07, 6.45) is 5.84. The molecule has 1 aliphatic carbocycles. The summed E-state index contributed by atoms with van der Waals surface area (Å²) in [4.78, 5) is 16.7. The molecule has 1 unspecified atom stereocenters. The molecule has 1 atom stereocenters. The number of hydrogen-bond donors (Lipinski definition) is 1. The molecule has 0 aromatic heterocycles. The largest absolute Gasteiger partial charge is 0.341 e. The Morgan fingerprint density at radius 2 is 2.06 bits per heavy atom. The Morgan fingerprint density at radius 3 is 2.59 bits per heavy atom. The summed E-state index contributed by atoms with van der Waals surface area (Å²) >= 11 is 0. The van der Waals surface area contributed by atoms with Crippen molar-refractivity contribution in [1.29, 1.82) is 0 Å². The average Bonchev–Trinajstić information content (AvgIpc) is 3.02. The van der Waals surface area contributed by atoms with Crippen LogP contribution in [0.15, 0.2) is 0 Å². The van der Waals surface area contributed by atoms with E-state index in [0.717, 1.165) is 26.1 Å². The Kier molecular flexibility index (Phi) is 4.40. The highest BCUT2D eigenvalue weighted by molar-refractivity contribution is 5.81. The lowest BCUT2D eigenvalue weighted by Gasteiger charge is -2.31. The Labute approximate surface area is 104 Å². The maximum absolute atomic E-state index is 12.3. The lowest BCUT2D eigenvalue weighted by atomic mass is 10.2. The second-order valence-corrected chi connectivity index (χ2v) is 5.32. The van der Waals surface area contributed by atoms with Crippen LogP contribution in [0, 0.1) is 0 Å². The van der Waals surface area contributed by atoms with Gasteiger partial charge in [0.1, 0.15) is 0 Å². The fourth-order valence-electron chi connectivity index (χ4n) is 2.72. The highest BCUT2D eigenvalue weighted by Gasteiger charge is 2.36. The molecule has 1 aliphatic heterocycles. The van der Waals surface area contributed by atoms with E-state index in [1.54, 1.807) is 0 Å². The molecule has 4 heteroatoms. The van der Waals surface area contributed by atoms with Crippen molar-refractivity contribution in [1.82, 2.24) is 9.80 Å². The Morgan fingerprint density at radius 1 is 1.41 bits per heavy atom. The van der Waals surface area contributed by atoms with Crippen LogP contribution in [-0.4, -0.2) is 54.0 Å². The van der Waals surface area contributed by atoms with Gasteiger partial charge in [-0.3, -0.25) is 9.69 Å². The third-order valence-electron chi connectivity index (χ3n) is 3.91. The predicted molar refractivity (Wildman–Crippen MR) is 68.7 cm³/mol. The van der Waals surface area contributed by atoms with Crippen LogP contribution in [-0.2, 0) is 4.79 Å². The molecule has 98 valence electrons. The molecule has 2 rings (SSSR count). The van der Waals surface area contributed by atoms with Gasteiger partial charge in [0.25, 0.3) is 0 Å². The van der Waals surface area contributed by atoms with E-state index in [4.69, 9.17) is 5.73 Å². The second kappa shape index (κ2) is 5.83. The van der Waals surface area contributed by atoms with Crippen LogP contribution in [0.25, 0.3) is 0 Å². The zero-order valence-corrected chi connectivity index (χ0v) is 10.9. The first-order chi connectivity index (χ1) is 8.24. The first-order valence-electron chi connectivity index (χ1n) is 6.98. The van der Waals surface area contributed by atoms with Gasteiger partial charge < -0.3 is 10.6 Å². The number of amides is 1. The van der Waals surface area contributed by atoms with Crippen LogP contribution in [0.1, 0.15) is 39.0 Å². The van der Waals surface area contributed by atoms with Gasteiger partial charge in [-0.05, 0) is 45.6 Å². The Bertz CT molecular complexity index is 259. The minimum absolute atomic E-state index is 0.0483. The van der Waals surface area contributed by atoms with Crippen molar-refractivity contribution in [2.45, 2.75) is 51.1 Å². The summed E-state index contributed by atoms with van der Waals surface area (Å²) in [5.74, 6) is 0.325. The molecule has 0 bridgehead atoms. The molecule has 0 aromatic carbocycles. The van der Waals surface area contributed by atoms with Gasteiger partial charge in [0.05, 0.1) is 6.04 Å². The first kappa shape index (κ1) is 12.8. The third kappa shape index (κ3) is 3.19. The van der Waals surface area contributed by atoms with E-state index in [1.165, 1.54) is 25.7 Å². The number of nitrogens with zero attached hydrogens (tertiary/aromatic N) is 2. The summed E-state index contributed by atoms with van der Waals surface area (Å²) in [5.41, 5.74) is 5.57. The Hall–Kier alpha value is -0.610. The number of carbonyl (C=O) groups is 1. The van der Waals surface area contributed by atoms with Crippen LogP contribution in [0.2, 0.25) is 0 Å². The predicted octanol–water partition coefficient (Wildman–Crippen LogP) is 0.811. The van der Waals surface area contributed by atoms with Gasteiger partial charge in [0.2, 0.25) is 5.91 Å². The zero-order chi connectivity index (χ0) is 12.3. The van der Waals surface area contributed by atoms with Gasteiger partial charge in [-0.15, -0.1) is 0 Å². The summed E-state index contributed by atoms with van der Waals surface area (Å²) in [6, 6.07) is 0.690. The minimum atomic E-state index is 0.0483.